The quantitative estimate of drug-likeness (QED) is 0.795. The van der Waals surface area contributed by atoms with E-state index in [9.17, 15) is 4.79 Å². The Balaban J connectivity index is 1.63. The van der Waals surface area contributed by atoms with Crippen LogP contribution >= 0.6 is 11.6 Å². The number of aryl methyl sites for hydroxylation is 1. The van der Waals surface area contributed by atoms with Gasteiger partial charge < -0.3 is 10.1 Å². The number of benzene rings is 1. The van der Waals surface area contributed by atoms with Crippen LogP contribution < -0.4 is 10.1 Å². The highest BCUT2D eigenvalue weighted by atomic mass is 35.5. The Bertz CT molecular complexity index is 617. The molecule has 0 atom stereocenters. The highest BCUT2D eigenvalue weighted by Gasteiger charge is 2.03. The molecule has 0 aliphatic carbocycles. The molecular formula is C17H19ClN2O2. The molecule has 1 N–H and O–H groups in total. The average molecular weight is 319 g/mol. The van der Waals surface area contributed by atoms with Crippen molar-refractivity contribution in [3.63, 3.8) is 0 Å². The monoisotopic (exact) mass is 318 g/mol. The molecule has 1 amide bonds. The topological polar surface area (TPSA) is 51.2 Å². The van der Waals surface area contributed by atoms with Gasteiger partial charge in [-0.1, -0.05) is 17.7 Å². The maximum atomic E-state index is 11.7. The summed E-state index contributed by atoms with van der Waals surface area (Å²) in [7, 11) is 0. The normalized spacial score (nSPS) is 10.3. The highest BCUT2D eigenvalue weighted by molar-refractivity contribution is 6.31. The van der Waals surface area contributed by atoms with Crippen LogP contribution in [0.2, 0.25) is 5.02 Å². The highest BCUT2D eigenvalue weighted by Crippen LogP contribution is 2.21. The van der Waals surface area contributed by atoms with Gasteiger partial charge in [-0.15, -0.1) is 0 Å². The van der Waals surface area contributed by atoms with Crippen molar-refractivity contribution in [1.82, 2.24) is 10.3 Å². The first-order valence-electron chi connectivity index (χ1n) is 7.21. The smallest absolute Gasteiger partial charge is 0.220 e. The lowest BCUT2D eigenvalue weighted by molar-refractivity contribution is -0.121. The average Bonchev–Trinajstić information content (AvgIpc) is 2.54. The Morgan fingerprint density at radius 3 is 2.91 bits per heavy atom. The molecule has 0 saturated heterocycles. The first-order chi connectivity index (χ1) is 10.6. The van der Waals surface area contributed by atoms with E-state index in [0.29, 0.717) is 26.0 Å². The van der Waals surface area contributed by atoms with E-state index in [2.05, 4.69) is 10.3 Å². The molecule has 0 bridgehead atoms. The first kappa shape index (κ1) is 16.3. The van der Waals surface area contributed by atoms with E-state index in [1.807, 2.05) is 43.3 Å². The van der Waals surface area contributed by atoms with Gasteiger partial charge in [0.15, 0.2) is 0 Å². The summed E-state index contributed by atoms with van der Waals surface area (Å²) in [5, 5.41) is 3.56. The lowest BCUT2D eigenvalue weighted by atomic mass is 10.2. The number of aromatic nitrogens is 1. The molecule has 22 heavy (non-hydrogen) atoms. The van der Waals surface area contributed by atoms with E-state index in [0.717, 1.165) is 22.0 Å². The van der Waals surface area contributed by atoms with Crippen LogP contribution in [0.15, 0.2) is 42.6 Å². The largest absolute Gasteiger partial charge is 0.494 e. The zero-order valence-electron chi connectivity index (χ0n) is 12.5. The second-order valence-corrected chi connectivity index (χ2v) is 5.37. The van der Waals surface area contributed by atoms with Crippen LogP contribution in [-0.4, -0.2) is 17.5 Å². The fourth-order valence-electron chi connectivity index (χ4n) is 1.91. The van der Waals surface area contributed by atoms with Crippen LogP contribution in [0.3, 0.4) is 0 Å². The van der Waals surface area contributed by atoms with Crippen LogP contribution in [0.5, 0.6) is 5.75 Å². The lowest BCUT2D eigenvalue weighted by Gasteiger charge is -2.08. The minimum atomic E-state index is 0.00143. The number of ether oxygens (including phenoxy) is 1. The number of hydrogen-bond donors (Lipinski definition) is 1. The van der Waals surface area contributed by atoms with Gasteiger partial charge in [0.05, 0.1) is 18.8 Å². The van der Waals surface area contributed by atoms with Crippen molar-refractivity contribution in [2.45, 2.75) is 26.3 Å². The Labute approximate surface area is 135 Å². The summed E-state index contributed by atoms with van der Waals surface area (Å²) in [5.74, 6) is 0.775. The third-order valence-corrected chi connectivity index (χ3v) is 3.56. The Kier molecular flexibility index (Phi) is 6.22. The predicted octanol–water partition coefficient (Wildman–Crippen LogP) is 3.52. The molecule has 5 heteroatoms. The second kappa shape index (κ2) is 8.39. The number of nitrogens with zero attached hydrogens (tertiary/aromatic N) is 1. The zero-order valence-corrected chi connectivity index (χ0v) is 13.3. The summed E-state index contributed by atoms with van der Waals surface area (Å²) in [4.78, 5) is 15.9. The molecule has 1 heterocycles. The Morgan fingerprint density at radius 2 is 2.18 bits per heavy atom. The summed E-state index contributed by atoms with van der Waals surface area (Å²) in [5.41, 5.74) is 1.83. The minimum Gasteiger partial charge on any atom is -0.494 e. The van der Waals surface area contributed by atoms with E-state index in [1.54, 1.807) is 6.20 Å². The molecule has 1 aromatic heterocycles. The summed E-state index contributed by atoms with van der Waals surface area (Å²) < 4.78 is 5.60. The van der Waals surface area contributed by atoms with Gasteiger partial charge in [0.25, 0.3) is 0 Å². The summed E-state index contributed by atoms with van der Waals surface area (Å²) >= 11 is 5.96. The molecule has 0 radical (unpaired) electrons. The van der Waals surface area contributed by atoms with Crippen molar-refractivity contribution in [3.8, 4) is 5.75 Å². The van der Waals surface area contributed by atoms with Crippen molar-refractivity contribution >= 4 is 17.5 Å². The van der Waals surface area contributed by atoms with E-state index in [-0.39, 0.29) is 5.91 Å². The van der Waals surface area contributed by atoms with Gasteiger partial charge in [-0.2, -0.15) is 0 Å². The molecule has 0 unspecified atom stereocenters. The van der Waals surface area contributed by atoms with Crippen molar-refractivity contribution < 1.29 is 9.53 Å². The van der Waals surface area contributed by atoms with Crippen molar-refractivity contribution in [2.75, 3.05) is 6.61 Å². The van der Waals surface area contributed by atoms with Gasteiger partial charge in [0.2, 0.25) is 5.91 Å². The number of pyridine rings is 1. The fourth-order valence-corrected chi connectivity index (χ4v) is 2.03. The van der Waals surface area contributed by atoms with Crippen LogP contribution in [0.4, 0.5) is 0 Å². The van der Waals surface area contributed by atoms with Crippen molar-refractivity contribution in [3.05, 3.63) is 58.9 Å². The molecule has 0 fully saturated rings. The maximum Gasteiger partial charge on any atom is 0.220 e. The van der Waals surface area contributed by atoms with Gasteiger partial charge in [0, 0.05) is 17.6 Å². The number of carbonyl (C=O) groups excluding carboxylic acids is 1. The molecule has 1 aromatic carbocycles. The molecule has 116 valence electrons. The van der Waals surface area contributed by atoms with E-state index < -0.39 is 0 Å². The molecule has 0 spiro atoms. The number of amides is 1. The molecule has 0 aliphatic rings. The van der Waals surface area contributed by atoms with Gasteiger partial charge in [-0.05, 0) is 49.2 Å². The first-order valence-corrected chi connectivity index (χ1v) is 7.58. The number of rotatable bonds is 7. The van der Waals surface area contributed by atoms with Crippen LogP contribution in [0.1, 0.15) is 24.1 Å². The van der Waals surface area contributed by atoms with Gasteiger partial charge in [-0.25, -0.2) is 0 Å². The Hall–Kier alpha value is -2.07. The maximum absolute atomic E-state index is 11.7. The summed E-state index contributed by atoms with van der Waals surface area (Å²) in [6, 6.07) is 11.2. The van der Waals surface area contributed by atoms with Crippen molar-refractivity contribution in [1.29, 1.82) is 0 Å². The minimum absolute atomic E-state index is 0.00143. The zero-order chi connectivity index (χ0) is 15.8. The van der Waals surface area contributed by atoms with Crippen molar-refractivity contribution in [2.24, 2.45) is 0 Å². The predicted molar refractivity (Wildman–Crippen MR) is 87.0 cm³/mol. The lowest BCUT2D eigenvalue weighted by Crippen LogP contribution is -2.23. The molecule has 0 aliphatic heterocycles. The fraction of sp³-hybridized carbons (Fsp3) is 0.294. The van der Waals surface area contributed by atoms with E-state index in [1.165, 1.54) is 0 Å². The Morgan fingerprint density at radius 1 is 1.32 bits per heavy atom. The van der Waals surface area contributed by atoms with E-state index in [4.69, 9.17) is 16.3 Å². The second-order valence-electron chi connectivity index (χ2n) is 4.96. The molecule has 4 nitrogen and oxygen atoms in total. The SMILES string of the molecule is Cc1cc(OCCCC(=O)NCc2ccccn2)ccc1Cl. The number of hydrogen-bond acceptors (Lipinski definition) is 3. The third kappa shape index (κ3) is 5.37. The molecule has 2 rings (SSSR count). The van der Waals surface area contributed by atoms with Gasteiger partial charge in [0.1, 0.15) is 5.75 Å². The van der Waals surface area contributed by atoms with E-state index >= 15 is 0 Å². The summed E-state index contributed by atoms with van der Waals surface area (Å²) in [6.07, 6.45) is 2.80. The van der Waals surface area contributed by atoms with Gasteiger partial charge >= 0.3 is 0 Å². The van der Waals surface area contributed by atoms with Crippen LogP contribution in [-0.2, 0) is 11.3 Å². The number of carbonyl (C=O) groups is 1. The van der Waals surface area contributed by atoms with Gasteiger partial charge in [-0.3, -0.25) is 9.78 Å². The standard InChI is InChI=1S/C17H19ClN2O2/c1-13-11-15(7-8-16(13)18)22-10-4-6-17(21)20-12-14-5-2-3-9-19-14/h2-3,5,7-9,11H,4,6,10,12H2,1H3,(H,20,21). The number of halogens is 1. The van der Waals surface area contributed by atoms with Crippen LogP contribution in [0, 0.1) is 6.92 Å². The molecule has 2 aromatic rings. The summed E-state index contributed by atoms with van der Waals surface area (Å²) in [6.45, 7) is 2.88. The molecular weight excluding hydrogens is 300 g/mol. The third-order valence-electron chi connectivity index (χ3n) is 3.14. The van der Waals surface area contributed by atoms with Crippen LogP contribution in [0.25, 0.3) is 0 Å². The number of nitrogens with one attached hydrogen (secondary N) is 1. The molecule has 0 saturated carbocycles.